The Bertz CT molecular complexity index is 434. The third-order valence-electron chi connectivity index (χ3n) is 4.00. The summed E-state index contributed by atoms with van der Waals surface area (Å²) < 4.78 is 0. The van der Waals surface area contributed by atoms with Crippen LogP contribution in [0.2, 0.25) is 0 Å². The van der Waals surface area contributed by atoms with Gasteiger partial charge in [0, 0.05) is 6.54 Å². The van der Waals surface area contributed by atoms with Gasteiger partial charge in [0.15, 0.2) is 0 Å². The Morgan fingerprint density at radius 2 is 1.85 bits per heavy atom. The summed E-state index contributed by atoms with van der Waals surface area (Å²) in [6.45, 7) is 8.70. The highest BCUT2D eigenvalue weighted by molar-refractivity contribution is 5.85. The van der Waals surface area contributed by atoms with Gasteiger partial charge >= 0.3 is 0 Å². The minimum Gasteiger partial charge on any atom is -0.349 e. The summed E-state index contributed by atoms with van der Waals surface area (Å²) in [5.74, 6) is 0.0582. The number of benzene rings is 1. The van der Waals surface area contributed by atoms with Crippen LogP contribution < -0.4 is 11.1 Å². The first-order valence-electron chi connectivity index (χ1n) is 7.03. The van der Waals surface area contributed by atoms with Gasteiger partial charge in [0.05, 0.1) is 12.0 Å². The number of carbonyl (C=O) groups is 1. The fraction of sp³-hybridized carbons (Fsp3) is 0.562. The number of hydrogen-bond donors (Lipinski definition) is 2. The van der Waals surface area contributed by atoms with Crippen LogP contribution in [0.1, 0.15) is 43.4 Å². The Kier molecular flexibility index (Phi) is 7.84. The predicted molar refractivity (Wildman–Crippen MR) is 87.4 cm³/mol. The first-order valence-corrected chi connectivity index (χ1v) is 7.03. The largest absolute Gasteiger partial charge is 0.349 e. The molecule has 0 saturated heterocycles. The summed E-state index contributed by atoms with van der Waals surface area (Å²) in [7, 11) is 0. The Hall–Kier alpha value is -1.06. The van der Waals surface area contributed by atoms with Crippen LogP contribution in [0.25, 0.3) is 0 Å². The Balaban J connectivity index is 0.00000361. The molecule has 1 aromatic rings. The smallest absolute Gasteiger partial charge is 0.224 e. The van der Waals surface area contributed by atoms with E-state index in [9.17, 15) is 4.79 Å². The van der Waals surface area contributed by atoms with Gasteiger partial charge in [-0.25, -0.2) is 0 Å². The van der Waals surface area contributed by atoms with E-state index in [1.165, 1.54) is 5.56 Å². The lowest BCUT2D eigenvalue weighted by molar-refractivity contribution is -0.122. The van der Waals surface area contributed by atoms with Crippen LogP contribution in [-0.4, -0.2) is 18.0 Å². The average Bonchev–Trinajstić information content (AvgIpc) is 2.40. The van der Waals surface area contributed by atoms with E-state index in [4.69, 9.17) is 5.73 Å². The Morgan fingerprint density at radius 3 is 2.35 bits per heavy atom. The zero-order valence-electron chi connectivity index (χ0n) is 13.0. The van der Waals surface area contributed by atoms with Gasteiger partial charge in [-0.05, 0) is 37.8 Å². The van der Waals surface area contributed by atoms with E-state index in [-0.39, 0.29) is 23.9 Å². The molecule has 0 aliphatic heterocycles. The number of aryl methyl sites for hydroxylation is 2. The van der Waals surface area contributed by atoms with E-state index in [1.807, 2.05) is 13.8 Å². The van der Waals surface area contributed by atoms with Crippen molar-refractivity contribution in [1.82, 2.24) is 5.32 Å². The lowest BCUT2D eigenvalue weighted by atomic mass is 9.92. The second-order valence-electron chi connectivity index (χ2n) is 5.35. The quantitative estimate of drug-likeness (QED) is 0.848. The van der Waals surface area contributed by atoms with Gasteiger partial charge in [0.1, 0.15) is 0 Å². The van der Waals surface area contributed by atoms with Gasteiger partial charge in [0.2, 0.25) is 5.91 Å². The van der Waals surface area contributed by atoms with Crippen LogP contribution in [0, 0.1) is 13.8 Å². The normalized spacial score (nSPS) is 10.8. The van der Waals surface area contributed by atoms with Crippen molar-refractivity contribution >= 4 is 18.3 Å². The maximum Gasteiger partial charge on any atom is 0.224 e. The molecule has 0 fully saturated rings. The zero-order chi connectivity index (χ0) is 14.5. The second kappa shape index (κ2) is 8.28. The molecule has 114 valence electrons. The third kappa shape index (κ3) is 4.80. The fourth-order valence-corrected chi connectivity index (χ4v) is 2.27. The van der Waals surface area contributed by atoms with Gasteiger partial charge in [-0.15, -0.1) is 12.4 Å². The summed E-state index contributed by atoms with van der Waals surface area (Å²) in [5.41, 5.74) is 8.99. The summed E-state index contributed by atoms with van der Waals surface area (Å²) in [4.78, 5) is 12.2. The molecule has 0 aliphatic rings. The summed E-state index contributed by atoms with van der Waals surface area (Å²) in [6, 6.07) is 6.21. The molecule has 3 N–H and O–H groups in total. The maximum absolute atomic E-state index is 12.2. The van der Waals surface area contributed by atoms with Crippen molar-refractivity contribution in [2.24, 2.45) is 5.73 Å². The van der Waals surface area contributed by atoms with Crippen molar-refractivity contribution in [1.29, 1.82) is 0 Å². The summed E-state index contributed by atoms with van der Waals surface area (Å²) in [5, 5.41) is 3.11. The molecule has 1 amide bonds. The van der Waals surface area contributed by atoms with Gasteiger partial charge in [0.25, 0.3) is 0 Å². The highest BCUT2D eigenvalue weighted by Gasteiger charge is 2.26. The number of amides is 1. The molecule has 0 aliphatic carbocycles. The monoisotopic (exact) mass is 298 g/mol. The molecule has 3 nitrogen and oxygen atoms in total. The van der Waals surface area contributed by atoms with E-state index in [2.05, 4.69) is 37.4 Å². The molecular formula is C16H27ClN2O. The minimum absolute atomic E-state index is 0. The topological polar surface area (TPSA) is 55.1 Å². The molecule has 20 heavy (non-hydrogen) atoms. The molecule has 1 rings (SSSR count). The van der Waals surface area contributed by atoms with Gasteiger partial charge < -0.3 is 11.1 Å². The highest BCUT2D eigenvalue weighted by atomic mass is 35.5. The lowest BCUT2D eigenvalue weighted by Gasteiger charge is -2.31. The van der Waals surface area contributed by atoms with Crippen molar-refractivity contribution in [2.45, 2.75) is 52.5 Å². The van der Waals surface area contributed by atoms with Gasteiger partial charge in [-0.3, -0.25) is 4.79 Å². The van der Waals surface area contributed by atoms with E-state index >= 15 is 0 Å². The Labute approximate surface area is 128 Å². The second-order valence-corrected chi connectivity index (χ2v) is 5.35. The number of rotatable bonds is 6. The summed E-state index contributed by atoms with van der Waals surface area (Å²) in [6.07, 6.45) is 2.15. The molecule has 1 aromatic carbocycles. The van der Waals surface area contributed by atoms with Crippen LogP contribution in [0.5, 0.6) is 0 Å². The van der Waals surface area contributed by atoms with Crippen LogP contribution in [0.15, 0.2) is 18.2 Å². The highest BCUT2D eigenvalue weighted by Crippen LogP contribution is 2.15. The van der Waals surface area contributed by atoms with Crippen LogP contribution in [0.4, 0.5) is 0 Å². The molecule has 0 saturated carbocycles. The number of nitrogens with one attached hydrogen (secondary N) is 1. The first-order chi connectivity index (χ1) is 8.96. The van der Waals surface area contributed by atoms with Crippen LogP contribution in [-0.2, 0) is 11.2 Å². The summed E-state index contributed by atoms with van der Waals surface area (Å²) >= 11 is 0. The third-order valence-corrected chi connectivity index (χ3v) is 4.00. The molecule has 0 spiro atoms. The molecule has 0 unspecified atom stereocenters. The number of nitrogens with two attached hydrogens (primary N) is 1. The van der Waals surface area contributed by atoms with Crippen molar-refractivity contribution < 1.29 is 4.79 Å². The van der Waals surface area contributed by atoms with E-state index in [0.29, 0.717) is 13.0 Å². The van der Waals surface area contributed by atoms with E-state index in [1.54, 1.807) is 0 Å². The van der Waals surface area contributed by atoms with Crippen molar-refractivity contribution in [3.8, 4) is 0 Å². The van der Waals surface area contributed by atoms with Crippen molar-refractivity contribution in [2.75, 3.05) is 6.54 Å². The Morgan fingerprint density at radius 1 is 1.25 bits per heavy atom. The zero-order valence-corrected chi connectivity index (χ0v) is 13.8. The molecule has 0 radical (unpaired) electrons. The molecule has 0 bridgehead atoms. The minimum atomic E-state index is -0.255. The van der Waals surface area contributed by atoms with Crippen molar-refractivity contribution in [3.63, 3.8) is 0 Å². The van der Waals surface area contributed by atoms with Crippen LogP contribution in [0.3, 0.4) is 0 Å². The lowest BCUT2D eigenvalue weighted by Crippen LogP contribution is -2.53. The maximum atomic E-state index is 12.2. The predicted octanol–water partition coefficient (Wildman–Crippen LogP) is 2.90. The molecule has 4 heteroatoms. The average molecular weight is 299 g/mol. The molecule has 0 heterocycles. The molecular weight excluding hydrogens is 272 g/mol. The standard InChI is InChI=1S/C16H26N2O.ClH/c1-5-16(6-2,11-17)18-15(19)10-14-9-12(3)7-8-13(14)4;/h7-9H,5-6,10-11,17H2,1-4H3,(H,18,19);1H. The van der Waals surface area contributed by atoms with Gasteiger partial charge in [-0.1, -0.05) is 37.6 Å². The van der Waals surface area contributed by atoms with E-state index in [0.717, 1.165) is 24.0 Å². The SMILES string of the molecule is CCC(CC)(CN)NC(=O)Cc1cc(C)ccc1C.Cl. The number of hydrogen-bond acceptors (Lipinski definition) is 2. The van der Waals surface area contributed by atoms with E-state index < -0.39 is 0 Å². The van der Waals surface area contributed by atoms with Crippen molar-refractivity contribution in [3.05, 3.63) is 34.9 Å². The number of carbonyl (C=O) groups excluding carboxylic acids is 1. The molecule has 0 atom stereocenters. The first kappa shape index (κ1) is 18.9. The molecule has 0 aromatic heterocycles. The fourth-order valence-electron chi connectivity index (χ4n) is 2.27. The van der Waals surface area contributed by atoms with Crippen LogP contribution >= 0.6 is 12.4 Å². The number of halogens is 1. The van der Waals surface area contributed by atoms with Gasteiger partial charge in [-0.2, -0.15) is 0 Å².